The van der Waals surface area contributed by atoms with Crippen LogP contribution in [0.4, 0.5) is 4.39 Å². The minimum atomic E-state index is -3.68. The standard InChI is InChI=1S/C8H7Cl2FO3S/c9-7-3-5(12)4-8(11)6(7)1-2-15(10,13)14/h3-4,12H,1-2H2. The van der Waals surface area contributed by atoms with Crippen molar-refractivity contribution in [1.82, 2.24) is 0 Å². The van der Waals surface area contributed by atoms with Crippen molar-refractivity contribution in [2.45, 2.75) is 6.42 Å². The average Bonchev–Trinajstić information content (AvgIpc) is 1.99. The first kappa shape index (κ1) is 12.5. The zero-order valence-electron chi connectivity index (χ0n) is 7.37. The smallest absolute Gasteiger partial charge is 0.232 e. The molecule has 0 bridgehead atoms. The molecule has 0 radical (unpaired) electrons. The molecule has 0 fully saturated rings. The summed E-state index contributed by atoms with van der Waals surface area (Å²) in [7, 11) is 1.29. The van der Waals surface area contributed by atoms with E-state index in [1.54, 1.807) is 0 Å². The Morgan fingerprint density at radius 3 is 2.47 bits per heavy atom. The first-order valence-electron chi connectivity index (χ1n) is 3.89. The normalized spacial score (nSPS) is 11.7. The number of phenolic OH excluding ortho intramolecular Hbond substituents is 1. The second-order valence-electron chi connectivity index (χ2n) is 2.88. The van der Waals surface area contributed by atoms with Gasteiger partial charge in [0, 0.05) is 22.3 Å². The highest BCUT2D eigenvalue weighted by Crippen LogP contribution is 2.25. The maximum Gasteiger partial charge on any atom is 0.232 e. The molecule has 7 heteroatoms. The van der Waals surface area contributed by atoms with Gasteiger partial charge in [-0.15, -0.1) is 0 Å². The van der Waals surface area contributed by atoms with Gasteiger partial charge in [-0.05, 0) is 12.5 Å². The highest BCUT2D eigenvalue weighted by Gasteiger charge is 2.13. The first-order valence-corrected chi connectivity index (χ1v) is 6.74. The van der Waals surface area contributed by atoms with Gasteiger partial charge < -0.3 is 5.11 Å². The molecule has 3 nitrogen and oxygen atoms in total. The van der Waals surface area contributed by atoms with Gasteiger partial charge in [-0.2, -0.15) is 0 Å². The lowest BCUT2D eigenvalue weighted by atomic mass is 10.1. The summed E-state index contributed by atoms with van der Waals surface area (Å²) in [5.74, 6) is -1.47. The summed E-state index contributed by atoms with van der Waals surface area (Å²) in [5, 5.41) is 8.96. The minimum Gasteiger partial charge on any atom is -0.508 e. The number of aromatic hydroxyl groups is 1. The summed E-state index contributed by atoms with van der Waals surface area (Å²) in [5.41, 5.74) is 0.0266. The summed E-state index contributed by atoms with van der Waals surface area (Å²) < 4.78 is 34.5. The summed E-state index contributed by atoms with van der Waals surface area (Å²) >= 11 is 5.63. The molecule has 1 rings (SSSR count). The highest BCUT2D eigenvalue weighted by atomic mass is 35.7. The van der Waals surface area contributed by atoms with Crippen molar-refractivity contribution in [3.05, 3.63) is 28.5 Å². The lowest BCUT2D eigenvalue weighted by molar-refractivity contribution is 0.468. The number of hydrogen-bond acceptors (Lipinski definition) is 3. The Kier molecular flexibility index (Phi) is 3.81. The summed E-state index contributed by atoms with van der Waals surface area (Å²) in [4.78, 5) is 0. The fourth-order valence-electron chi connectivity index (χ4n) is 1.05. The topological polar surface area (TPSA) is 54.4 Å². The lowest BCUT2D eigenvalue weighted by Gasteiger charge is -2.05. The van der Waals surface area contributed by atoms with Gasteiger partial charge in [0.1, 0.15) is 11.6 Å². The van der Waals surface area contributed by atoms with E-state index in [-0.39, 0.29) is 22.8 Å². The monoisotopic (exact) mass is 272 g/mol. The van der Waals surface area contributed by atoms with E-state index in [0.29, 0.717) is 0 Å². The number of benzene rings is 1. The number of rotatable bonds is 3. The van der Waals surface area contributed by atoms with Crippen LogP contribution in [0.15, 0.2) is 12.1 Å². The van der Waals surface area contributed by atoms with Crippen molar-refractivity contribution in [1.29, 1.82) is 0 Å². The second-order valence-corrected chi connectivity index (χ2v) is 6.18. The van der Waals surface area contributed by atoms with Crippen LogP contribution in [0.3, 0.4) is 0 Å². The molecule has 15 heavy (non-hydrogen) atoms. The van der Waals surface area contributed by atoms with Gasteiger partial charge in [0.15, 0.2) is 0 Å². The van der Waals surface area contributed by atoms with Crippen LogP contribution in [0, 0.1) is 5.82 Å². The molecule has 0 aliphatic rings. The molecule has 0 unspecified atom stereocenters. The van der Waals surface area contributed by atoms with Crippen LogP contribution >= 0.6 is 22.3 Å². The summed E-state index contributed by atoms with van der Waals surface area (Å²) in [6, 6.07) is 2.00. The van der Waals surface area contributed by atoms with Gasteiger partial charge in [0.2, 0.25) is 9.05 Å². The molecule has 0 atom stereocenters. The largest absolute Gasteiger partial charge is 0.508 e. The molecule has 84 valence electrons. The van der Waals surface area contributed by atoms with Gasteiger partial charge >= 0.3 is 0 Å². The van der Waals surface area contributed by atoms with E-state index in [4.69, 9.17) is 27.4 Å². The zero-order valence-corrected chi connectivity index (χ0v) is 9.70. The Labute approximate surface area is 95.9 Å². The van der Waals surface area contributed by atoms with E-state index < -0.39 is 20.6 Å². The second kappa shape index (κ2) is 4.55. The minimum absolute atomic E-state index is 0.0205. The molecule has 0 amide bonds. The number of phenols is 1. The number of halogens is 3. The molecular formula is C8H7Cl2FO3S. The predicted octanol–water partition coefficient (Wildman–Crippen LogP) is 2.30. The highest BCUT2D eigenvalue weighted by molar-refractivity contribution is 8.13. The maximum atomic E-state index is 13.2. The Morgan fingerprint density at radius 1 is 1.40 bits per heavy atom. The van der Waals surface area contributed by atoms with E-state index in [1.807, 2.05) is 0 Å². The SMILES string of the molecule is O=S(=O)(Cl)CCc1c(F)cc(O)cc1Cl. The molecule has 1 aromatic rings. The molecule has 0 saturated heterocycles. The fourth-order valence-corrected chi connectivity index (χ4v) is 2.03. The summed E-state index contributed by atoms with van der Waals surface area (Å²) in [6.07, 6.45) is -0.128. The molecular weight excluding hydrogens is 266 g/mol. The van der Waals surface area contributed by atoms with Crippen LogP contribution in [0.5, 0.6) is 5.75 Å². The van der Waals surface area contributed by atoms with E-state index in [1.165, 1.54) is 0 Å². The molecule has 0 spiro atoms. The zero-order chi connectivity index (χ0) is 11.6. The van der Waals surface area contributed by atoms with E-state index in [9.17, 15) is 12.8 Å². The van der Waals surface area contributed by atoms with E-state index in [0.717, 1.165) is 12.1 Å². The van der Waals surface area contributed by atoms with E-state index in [2.05, 4.69) is 0 Å². The molecule has 1 aromatic carbocycles. The Balaban J connectivity index is 2.96. The maximum absolute atomic E-state index is 13.2. The Hall–Kier alpha value is -0.520. The van der Waals surface area contributed by atoms with Crippen LogP contribution < -0.4 is 0 Å². The van der Waals surface area contributed by atoms with Crippen molar-refractivity contribution in [3.63, 3.8) is 0 Å². The van der Waals surface area contributed by atoms with Crippen molar-refractivity contribution in [2.24, 2.45) is 0 Å². The molecule has 1 N–H and O–H groups in total. The molecule has 0 aromatic heterocycles. The fraction of sp³-hybridized carbons (Fsp3) is 0.250. The van der Waals surface area contributed by atoms with Gasteiger partial charge in [-0.1, -0.05) is 11.6 Å². The van der Waals surface area contributed by atoms with Crippen LogP contribution in [-0.4, -0.2) is 19.3 Å². The first-order chi connectivity index (χ1) is 6.79. The quantitative estimate of drug-likeness (QED) is 0.860. The van der Waals surface area contributed by atoms with E-state index >= 15 is 0 Å². The van der Waals surface area contributed by atoms with Crippen molar-refractivity contribution < 1.29 is 17.9 Å². The van der Waals surface area contributed by atoms with Gasteiger partial charge in [0.05, 0.1) is 10.8 Å². The molecule has 0 saturated carbocycles. The Morgan fingerprint density at radius 2 is 2.00 bits per heavy atom. The van der Waals surface area contributed by atoms with Crippen LogP contribution in [0.2, 0.25) is 5.02 Å². The predicted molar refractivity (Wildman–Crippen MR) is 56.4 cm³/mol. The van der Waals surface area contributed by atoms with Crippen molar-refractivity contribution in [3.8, 4) is 5.75 Å². The van der Waals surface area contributed by atoms with Gasteiger partial charge in [-0.3, -0.25) is 0 Å². The van der Waals surface area contributed by atoms with Crippen LogP contribution in [0.25, 0.3) is 0 Å². The third-order valence-electron chi connectivity index (χ3n) is 1.72. The third kappa shape index (κ3) is 3.85. The van der Waals surface area contributed by atoms with Crippen LogP contribution in [-0.2, 0) is 15.5 Å². The van der Waals surface area contributed by atoms with Crippen molar-refractivity contribution >= 4 is 31.3 Å². The van der Waals surface area contributed by atoms with Gasteiger partial charge in [0.25, 0.3) is 0 Å². The summed E-state index contributed by atoms with van der Waals surface area (Å²) in [6.45, 7) is 0. The molecule has 0 aliphatic heterocycles. The Bertz CT molecular complexity index is 450. The van der Waals surface area contributed by atoms with Crippen molar-refractivity contribution in [2.75, 3.05) is 5.75 Å². The van der Waals surface area contributed by atoms with Gasteiger partial charge in [-0.25, -0.2) is 12.8 Å². The third-order valence-corrected chi connectivity index (χ3v) is 3.21. The van der Waals surface area contributed by atoms with Crippen LogP contribution in [0.1, 0.15) is 5.56 Å². The molecule has 0 heterocycles. The number of hydrogen-bond donors (Lipinski definition) is 1. The average molecular weight is 273 g/mol. The molecule has 0 aliphatic carbocycles. The lowest BCUT2D eigenvalue weighted by Crippen LogP contribution is -2.03.